The molecular weight excluding hydrogens is 236 g/mol. The Labute approximate surface area is 113 Å². The lowest BCUT2D eigenvalue weighted by Crippen LogP contribution is -1.86. The van der Waals surface area contributed by atoms with E-state index in [0.29, 0.717) is 18.4 Å². The molecule has 0 aliphatic heterocycles. The SMILES string of the molecule is OCC[C@@H]1C[C@H]1/C=C/c1ccccc1-c1ccoc1. The molecular formula is C17H18O2. The first kappa shape index (κ1) is 12.2. The van der Waals surface area contributed by atoms with E-state index >= 15 is 0 Å². The van der Waals surface area contributed by atoms with Crippen molar-refractivity contribution in [2.24, 2.45) is 11.8 Å². The molecule has 1 aliphatic rings. The number of benzene rings is 1. The summed E-state index contributed by atoms with van der Waals surface area (Å²) in [4.78, 5) is 0. The van der Waals surface area contributed by atoms with Crippen LogP contribution in [-0.4, -0.2) is 11.7 Å². The highest BCUT2D eigenvalue weighted by atomic mass is 16.3. The third-order valence-electron chi connectivity index (χ3n) is 3.79. The van der Waals surface area contributed by atoms with Gasteiger partial charge in [-0.05, 0) is 41.9 Å². The smallest absolute Gasteiger partial charge is 0.0981 e. The summed E-state index contributed by atoms with van der Waals surface area (Å²) in [6.07, 6.45) is 10.1. The van der Waals surface area contributed by atoms with Crippen LogP contribution in [0.25, 0.3) is 17.2 Å². The Kier molecular flexibility index (Phi) is 3.51. The lowest BCUT2D eigenvalue weighted by Gasteiger charge is -2.02. The molecule has 1 heterocycles. The minimum absolute atomic E-state index is 0.306. The first-order valence-electron chi connectivity index (χ1n) is 6.79. The molecule has 1 aromatic carbocycles. The van der Waals surface area contributed by atoms with Crippen LogP contribution in [0.15, 0.2) is 53.4 Å². The van der Waals surface area contributed by atoms with Gasteiger partial charge in [0.25, 0.3) is 0 Å². The normalized spacial score (nSPS) is 21.9. The molecule has 1 N–H and O–H groups in total. The summed E-state index contributed by atoms with van der Waals surface area (Å²) < 4.78 is 5.16. The summed E-state index contributed by atoms with van der Waals surface area (Å²) in [6, 6.07) is 10.3. The van der Waals surface area contributed by atoms with Crippen molar-refractivity contribution in [1.29, 1.82) is 0 Å². The van der Waals surface area contributed by atoms with Gasteiger partial charge in [0, 0.05) is 12.2 Å². The molecule has 2 atom stereocenters. The summed E-state index contributed by atoms with van der Waals surface area (Å²) in [5.74, 6) is 1.33. The second kappa shape index (κ2) is 5.45. The molecule has 1 saturated carbocycles. The quantitative estimate of drug-likeness (QED) is 0.875. The molecule has 98 valence electrons. The first-order chi connectivity index (χ1) is 9.38. The van der Waals surface area contributed by atoms with Crippen LogP contribution in [0.2, 0.25) is 0 Å². The number of allylic oxidation sites excluding steroid dienone is 1. The number of hydrogen-bond acceptors (Lipinski definition) is 2. The molecule has 1 aromatic heterocycles. The lowest BCUT2D eigenvalue weighted by molar-refractivity contribution is 0.278. The molecule has 2 nitrogen and oxygen atoms in total. The zero-order valence-electron chi connectivity index (χ0n) is 10.8. The Morgan fingerprint density at radius 3 is 2.95 bits per heavy atom. The van der Waals surface area contributed by atoms with E-state index in [1.807, 2.05) is 12.1 Å². The molecule has 2 aromatic rings. The standard InChI is InChI=1S/C17H18O2/c18-9-7-15-11-14(15)6-5-13-3-1-2-4-17(13)16-8-10-19-12-16/h1-6,8,10,12,14-15,18H,7,9,11H2/b6-5+/t14-,15-/m1/s1. The van der Waals surface area contributed by atoms with Crippen LogP contribution in [-0.2, 0) is 0 Å². The van der Waals surface area contributed by atoms with Crippen molar-refractivity contribution in [2.75, 3.05) is 6.61 Å². The van der Waals surface area contributed by atoms with Crippen molar-refractivity contribution in [1.82, 2.24) is 0 Å². The minimum Gasteiger partial charge on any atom is -0.472 e. The summed E-state index contributed by atoms with van der Waals surface area (Å²) in [5, 5.41) is 8.91. The van der Waals surface area contributed by atoms with Crippen LogP contribution >= 0.6 is 0 Å². The third kappa shape index (κ3) is 2.79. The Morgan fingerprint density at radius 1 is 1.26 bits per heavy atom. The van der Waals surface area contributed by atoms with Gasteiger partial charge in [-0.3, -0.25) is 0 Å². The van der Waals surface area contributed by atoms with E-state index in [2.05, 4.69) is 30.4 Å². The van der Waals surface area contributed by atoms with E-state index in [1.165, 1.54) is 17.5 Å². The maximum atomic E-state index is 8.91. The van der Waals surface area contributed by atoms with Crippen LogP contribution in [0.1, 0.15) is 18.4 Å². The molecule has 1 aliphatic carbocycles. The van der Waals surface area contributed by atoms with Crippen molar-refractivity contribution in [3.8, 4) is 11.1 Å². The molecule has 2 heteroatoms. The molecule has 0 unspecified atom stereocenters. The van der Waals surface area contributed by atoms with Gasteiger partial charge >= 0.3 is 0 Å². The molecule has 0 bridgehead atoms. The van der Waals surface area contributed by atoms with E-state index in [0.717, 1.165) is 12.0 Å². The Bertz CT molecular complexity index is 554. The fourth-order valence-electron chi connectivity index (χ4n) is 2.55. The summed E-state index contributed by atoms with van der Waals surface area (Å²) in [5.41, 5.74) is 3.54. The number of furan rings is 1. The number of rotatable bonds is 5. The number of aliphatic hydroxyl groups is 1. The maximum Gasteiger partial charge on any atom is 0.0981 e. The van der Waals surface area contributed by atoms with E-state index in [4.69, 9.17) is 9.52 Å². The molecule has 1 fully saturated rings. The van der Waals surface area contributed by atoms with Gasteiger partial charge in [-0.25, -0.2) is 0 Å². The fourth-order valence-corrected chi connectivity index (χ4v) is 2.55. The zero-order chi connectivity index (χ0) is 13.1. The van der Waals surface area contributed by atoms with E-state index in [-0.39, 0.29) is 0 Å². The topological polar surface area (TPSA) is 33.4 Å². The van der Waals surface area contributed by atoms with Gasteiger partial charge in [0.1, 0.15) is 0 Å². The predicted molar refractivity (Wildman–Crippen MR) is 76.5 cm³/mol. The highest BCUT2D eigenvalue weighted by molar-refractivity contribution is 5.74. The summed E-state index contributed by atoms with van der Waals surface area (Å²) in [7, 11) is 0. The first-order valence-corrected chi connectivity index (χ1v) is 6.79. The second-order valence-electron chi connectivity index (χ2n) is 5.13. The average molecular weight is 254 g/mol. The summed E-state index contributed by atoms with van der Waals surface area (Å²) >= 11 is 0. The fraction of sp³-hybridized carbons (Fsp3) is 0.294. The van der Waals surface area contributed by atoms with Crippen molar-refractivity contribution in [2.45, 2.75) is 12.8 Å². The van der Waals surface area contributed by atoms with Gasteiger partial charge in [-0.2, -0.15) is 0 Å². The molecule has 0 radical (unpaired) electrons. The van der Waals surface area contributed by atoms with Crippen LogP contribution in [0.4, 0.5) is 0 Å². The largest absolute Gasteiger partial charge is 0.472 e. The average Bonchev–Trinajstić information content (AvgIpc) is 2.96. The molecule has 0 amide bonds. The Morgan fingerprint density at radius 2 is 2.16 bits per heavy atom. The molecule has 0 saturated heterocycles. The van der Waals surface area contributed by atoms with E-state index in [1.54, 1.807) is 12.5 Å². The maximum absolute atomic E-state index is 8.91. The zero-order valence-corrected chi connectivity index (χ0v) is 10.8. The highest BCUT2D eigenvalue weighted by Crippen LogP contribution is 2.42. The number of aliphatic hydroxyl groups excluding tert-OH is 1. The molecule has 3 rings (SSSR count). The van der Waals surface area contributed by atoms with Gasteiger partial charge < -0.3 is 9.52 Å². The molecule has 19 heavy (non-hydrogen) atoms. The highest BCUT2D eigenvalue weighted by Gasteiger charge is 2.33. The predicted octanol–water partition coefficient (Wildman–Crippen LogP) is 3.98. The monoisotopic (exact) mass is 254 g/mol. The van der Waals surface area contributed by atoms with Crippen molar-refractivity contribution in [3.63, 3.8) is 0 Å². The summed E-state index contributed by atoms with van der Waals surface area (Å²) in [6.45, 7) is 0.306. The van der Waals surface area contributed by atoms with Gasteiger partial charge in [-0.15, -0.1) is 0 Å². The second-order valence-corrected chi connectivity index (χ2v) is 5.13. The van der Waals surface area contributed by atoms with E-state index in [9.17, 15) is 0 Å². The van der Waals surface area contributed by atoms with Gasteiger partial charge in [-0.1, -0.05) is 36.4 Å². The van der Waals surface area contributed by atoms with Crippen molar-refractivity contribution >= 4 is 6.08 Å². The van der Waals surface area contributed by atoms with Crippen LogP contribution in [0.3, 0.4) is 0 Å². The van der Waals surface area contributed by atoms with Crippen LogP contribution in [0.5, 0.6) is 0 Å². The lowest BCUT2D eigenvalue weighted by atomic mass is 10.0. The number of hydrogen-bond donors (Lipinski definition) is 1. The van der Waals surface area contributed by atoms with Gasteiger partial charge in [0.05, 0.1) is 12.5 Å². The third-order valence-corrected chi connectivity index (χ3v) is 3.79. The Balaban J connectivity index is 1.77. The van der Waals surface area contributed by atoms with Crippen molar-refractivity contribution in [3.05, 3.63) is 54.5 Å². The van der Waals surface area contributed by atoms with Crippen LogP contribution in [0, 0.1) is 11.8 Å². The molecule has 0 spiro atoms. The van der Waals surface area contributed by atoms with Gasteiger partial charge in [0.2, 0.25) is 0 Å². The Hall–Kier alpha value is -1.80. The minimum atomic E-state index is 0.306. The van der Waals surface area contributed by atoms with Gasteiger partial charge in [0.15, 0.2) is 0 Å². The van der Waals surface area contributed by atoms with Crippen LogP contribution < -0.4 is 0 Å². The van der Waals surface area contributed by atoms with E-state index < -0.39 is 0 Å². The van der Waals surface area contributed by atoms with Crippen molar-refractivity contribution < 1.29 is 9.52 Å².